The van der Waals surface area contributed by atoms with Gasteiger partial charge in [-0.05, 0) is 25.7 Å². The Morgan fingerprint density at radius 1 is 1.19 bits per heavy atom. The molecule has 4 unspecified atom stereocenters. The Hall–Kier alpha value is -4.21. The van der Waals surface area contributed by atoms with E-state index < -0.39 is 60.2 Å². The van der Waals surface area contributed by atoms with E-state index in [4.69, 9.17) is 22.3 Å². The van der Waals surface area contributed by atoms with Crippen LogP contribution in [0.5, 0.6) is 0 Å². The Labute approximate surface area is 212 Å². The SMILES string of the molecule is NC(N)=NCCCC(NC(=O)C(Cc1cnc[nH]1)NC(=O)C1CCCN1C(=O)C(N)CC(=O)O)C(=O)O. The zero-order valence-corrected chi connectivity index (χ0v) is 20.1. The first kappa shape index (κ1) is 29.0. The van der Waals surface area contributed by atoms with Crippen LogP contribution in [0, 0.1) is 0 Å². The number of imidazole rings is 1. The van der Waals surface area contributed by atoms with Crippen LogP contribution in [0.15, 0.2) is 17.5 Å². The third-order valence-corrected chi connectivity index (χ3v) is 5.72. The number of H-pyrrole nitrogens is 1. The molecule has 37 heavy (non-hydrogen) atoms. The van der Waals surface area contributed by atoms with Crippen molar-refractivity contribution < 1.29 is 34.2 Å². The van der Waals surface area contributed by atoms with Crippen LogP contribution in [0.25, 0.3) is 0 Å². The number of aliphatic imine (C=N–C) groups is 1. The summed E-state index contributed by atoms with van der Waals surface area (Å²) in [5.41, 5.74) is 16.7. The highest BCUT2D eigenvalue weighted by Crippen LogP contribution is 2.19. The molecule has 2 rings (SSSR count). The molecule has 0 spiro atoms. The fourth-order valence-electron chi connectivity index (χ4n) is 3.92. The highest BCUT2D eigenvalue weighted by atomic mass is 16.4. The summed E-state index contributed by atoms with van der Waals surface area (Å²) in [6.07, 6.45) is 3.31. The first-order valence-electron chi connectivity index (χ1n) is 11.6. The molecule has 16 nitrogen and oxygen atoms in total. The molecule has 1 aliphatic heterocycles. The number of nitrogens with two attached hydrogens (primary N) is 3. The Balaban J connectivity index is 2.12. The van der Waals surface area contributed by atoms with E-state index in [-0.39, 0.29) is 44.7 Å². The molecular weight excluding hydrogens is 490 g/mol. The summed E-state index contributed by atoms with van der Waals surface area (Å²) < 4.78 is 0. The summed E-state index contributed by atoms with van der Waals surface area (Å²) in [5.74, 6) is -4.74. The molecule has 0 radical (unpaired) electrons. The van der Waals surface area contributed by atoms with Gasteiger partial charge < -0.3 is 47.9 Å². The molecule has 1 saturated heterocycles. The highest BCUT2D eigenvalue weighted by molar-refractivity contribution is 5.95. The van der Waals surface area contributed by atoms with E-state index in [2.05, 4.69) is 25.6 Å². The third kappa shape index (κ3) is 9.06. The van der Waals surface area contributed by atoms with Crippen LogP contribution < -0.4 is 27.8 Å². The molecule has 11 N–H and O–H groups in total. The molecule has 204 valence electrons. The summed E-state index contributed by atoms with van der Waals surface area (Å²) in [6, 6.07) is -4.73. The molecule has 1 aliphatic rings. The van der Waals surface area contributed by atoms with Crippen molar-refractivity contribution in [3.63, 3.8) is 0 Å². The molecule has 4 atom stereocenters. The van der Waals surface area contributed by atoms with E-state index >= 15 is 0 Å². The van der Waals surface area contributed by atoms with Crippen molar-refractivity contribution in [2.75, 3.05) is 13.1 Å². The number of nitrogens with one attached hydrogen (secondary N) is 3. The Kier molecular flexibility index (Phi) is 10.8. The number of carbonyl (C=O) groups is 5. The van der Waals surface area contributed by atoms with Crippen molar-refractivity contribution in [1.82, 2.24) is 25.5 Å². The van der Waals surface area contributed by atoms with Crippen LogP contribution in [-0.2, 0) is 30.4 Å². The summed E-state index contributed by atoms with van der Waals surface area (Å²) in [7, 11) is 0. The van der Waals surface area contributed by atoms with E-state index in [9.17, 15) is 29.1 Å². The largest absolute Gasteiger partial charge is 0.481 e. The fraction of sp³-hybridized carbons (Fsp3) is 0.571. The van der Waals surface area contributed by atoms with E-state index in [1.165, 1.54) is 17.4 Å². The van der Waals surface area contributed by atoms with Crippen LogP contribution in [0.4, 0.5) is 0 Å². The Bertz CT molecular complexity index is 995. The number of carboxylic acids is 2. The van der Waals surface area contributed by atoms with E-state index in [0.717, 1.165) is 0 Å². The zero-order valence-electron chi connectivity index (χ0n) is 20.1. The minimum absolute atomic E-state index is 0.0306. The van der Waals surface area contributed by atoms with E-state index in [0.29, 0.717) is 12.1 Å². The van der Waals surface area contributed by atoms with Gasteiger partial charge in [0.1, 0.15) is 18.1 Å². The Morgan fingerprint density at radius 2 is 1.92 bits per heavy atom. The third-order valence-electron chi connectivity index (χ3n) is 5.72. The van der Waals surface area contributed by atoms with Crippen LogP contribution in [0.1, 0.15) is 37.8 Å². The van der Waals surface area contributed by atoms with Gasteiger partial charge in [0.15, 0.2) is 5.96 Å². The van der Waals surface area contributed by atoms with Crippen LogP contribution >= 0.6 is 0 Å². The maximum absolute atomic E-state index is 13.1. The number of hydrogen-bond acceptors (Lipinski definition) is 8. The monoisotopic (exact) mass is 523 g/mol. The van der Waals surface area contributed by atoms with E-state index in [1.54, 1.807) is 0 Å². The molecule has 0 aliphatic carbocycles. The van der Waals surface area contributed by atoms with Gasteiger partial charge in [-0.15, -0.1) is 0 Å². The minimum Gasteiger partial charge on any atom is -0.481 e. The molecule has 1 aromatic heterocycles. The summed E-state index contributed by atoms with van der Waals surface area (Å²) in [5, 5.41) is 23.5. The average molecular weight is 524 g/mol. The predicted octanol–water partition coefficient (Wildman–Crippen LogP) is -3.15. The highest BCUT2D eigenvalue weighted by Gasteiger charge is 2.38. The number of carboxylic acid groups (broad SMARTS) is 2. The van der Waals surface area contributed by atoms with Gasteiger partial charge in [-0.2, -0.15) is 0 Å². The maximum atomic E-state index is 13.1. The zero-order chi connectivity index (χ0) is 27.5. The van der Waals surface area contributed by atoms with Gasteiger partial charge in [0.25, 0.3) is 0 Å². The molecule has 0 saturated carbocycles. The fourth-order valence-corrected chi connectivity index (χ4v) is 3.92. The second-order valence-corrected chi connectivity index (χ2v) is 8.58. The lowest BCUT2D eigenvalue weighted by Gasteiger charge is -2.28. The van der Waals surface area contributed by atoms with Crippen molar-refractivity contribution in [3.8, 4) is 0 Å². The number of amides is 3. The van der Waals surface area contributed by atoms with Crippen molar-refractivity contribution in [3.05, 3.63) is 18.2 Å². The van der Waals surface area contributed by atoms with E-state index in [1.807, 2.05) is 0 Å². The maximum Gasteiger partial charge on any atom is 0.326 e. The second-order valence-electron chi connectivity index (χ2n) is 8.58. The van der Waals surface area contributed by atoms with Crippen LogP contribution in [0.3, 0.4) is 0 Å². The summed E-state index contributed by atoms with van der Waals surface area (Å²) in [4.78, 5) is 73.1. The molecule has 16 heteroatoms. The molecule has 1 fully saturated rings. The van der Waals surface area contributed by atoms with Gasteiger partial charge in [-0.25, -0.2) is 9.78 Å². The number of carbonyl (C=O) groups excluding carboxylic acids is 3. The van der Waals surface area contributed by atoms with Gasteiger partial charge in [-0.3, -0.25) is 24.2 Å². The van der Waals surface area contributed by atoms with Crippen LogP contribution in [0.2, 0.25) is 0 Å². The lowest BCUT2D eigenvalue weighted by Crippen LogP contribution is -2.57. The van der Waals surface area contributed by atoms with Crippen molar-refractivity contribution in [1.29, 1.82) is 0 Å². The van der Waals surface area contributed by atoms with Gasteiger partial charge in [0.05, 0.1) is 18.8 Å². The number of likely N-dealkylation sites (tertiary alicyclic amines) is 1. The molecule has 2 heterocycles. The second kappa shape index (κ2) is 13.8. The molecular formula is C21H33N9O7. The van der Waals surface area contributed by atoms with Gasteiger partial charge in [0, 0.05) is 31.4 Å². The Morgan fingerprint density at radius 3 is 2.51 bits per heavy atom. The number of aromatic amines is 1. The quantitative estimate of drug-likeness (QED) is 0.0685. The average Bonchev–Trinajstić information content (AvgIpc) is 3.51. The first-order valence-corrected chi connectivity index (χ1v) is 11.6. The van der Waals surface area contributed by atoms with Gasteiger partial charge in [0.2, 0.25) is 17.7 Å². The smallest absolute Gasteiger partial charge is 0.326 e. The standard InChI is InChI=1S/C21H33N9O7/c22-12(8-16(31)32)19(35)30-6-2-4-15(30)18(34)29-14(7-11-9-25-10-27-11)17(33)28-13(20(36)37)3-1-5-26-21(23)24/h9-10,12-15H,1-8,22H2,(H,25,27)(H,28,33)(H,29,34)(H,31,32)(H,36,37)(H4,23,24,26). The van der Waals surface area contributed by atoms with Gasteiger partial charge in [-0.1, -0.05) is 0 Å². The summed E-state index contributed by atoms with van der Waals surface area (Å²) in [6.45, 7) is 0.379. The topological polar surface area (TPSA) is 272 Å². The molecule has 1 aromatic rings. The molecule has 0 aromatic carbocycles. The number of rotatable bonds is 14. The predicted molar refractivity (Wildman–Crippen MR) is 129 cm³/mol. The lowest BCUT2D eigenvalue weighted by molar-refractivity contribution is -0.144. The summed E-state index contributed by atoms with van der Waals surface area (Å²) >= 11 is 0. The van der Waals surface area contributed by atoms with Crippen molar-refractivity contribution >= 4 is 35.6 Å². The number of hydrogen-bond donors (Lipinski definition) is 8. The first-order chi connectivity index (χ1) is 17.5. The normalized spacial score (nSPS) is 17.3. The molecule has 3 amide bonds. The number of aromatic nitrogens is 2. The van der Waals surface area contributed by atoms with Crippen LogP contribution in [-0.4, -0.2) is 98.0 Å². The number of guanidine groups is 1. The number of aliphatic carboxylic acids is 2. The minimum atomic E-state index is -1.31. The van der Waals surface area contributed by atoms with Crippen molar-refractivity contribution in [2.24, 2.45) is 22.2 Å². The lowest BCUT2D eigenvalue weighted by atomic mass is 10.1. The number of nitrogens with zero attached hydrogens (tertiary/aromatic N) is 3. The molecule has 0 bridgehead atoms. The van der Waals surface area contributed by atoms with Crippen molar-refractivity contribution in [2.45, 2.75) is 62.7 Å². The van der Waals surface area contributed by atoms with Gasteiger partial charge >= 0.3 is 11.9 Å².